The lowest BCUT2D eigenvalue weighted by molar-refractivity contribution is -0.274. The second-order valence-electron chi connectivity index (χ2n) is 5.58. The summed E-state index contributed by atoms with van der Waals surface area (Å²) in [7, 11) is 0. The Kier molecular flexibility index (Phi) is 5.47. The van der Waals surface area contributed by atoms with E-state index in [4.69, 9.17) is 0 Å². The highest BCUT2D eigenvalue weighted by atomic mass is 19.4. The van der Waals surface area contributed by atoms with Crippen LogP contribution in [0.2, 0.25) is 0 Å². The molecule has 0 aromatic heterocycles. The molecule has 1 fully saturated rings. The second-order valence-corrected chi connectivity index (χ2v) is 5.58. The zero-order valence-corrected chi connectivity index (χ0v) is 12.6. The van der Waals surface area contributed by atoms with E-state index < -0.39 is 6.36 Å². The Balaban J connectivity index is 2.14. The molecule has 1 aliphatic heterocycles. The van der Waals surface area contributed by atoms with Crippen molar-refractivity contribution in [1.82, 2.24) is 10.2 Å². The van der Waals surface area contributed by atoms with E-state index in [0.717, 1.165) is 43.7 Å². The molecule has 1 N–H and O–H groups in total. The van der Waals surface area contributed by atoms with E-state index in [1.165, 1.54) is 12.1 Å². The van der Waals surface area contributed by atoms with Crippen LogP contribution >= 0.6 is 0 Å². The molecule has 2 rings (SSSR count). The van der Waals surface area contributed by atoms with Crippen molar-refractivity contribution in [2.75, 3.05) is 26.2 Å². The van der Waals surface area contributed by atoms with Gasteiger partial charge < -0.3 is 10.1 Å². The van der Waals surface area contributed by atoms with E-state index >= 15 is 0 Å². The molecule has 0 spiro atoms. The van der Waals surface area contributed by atoms with E-state index in [1.807, 2.05) is 6.92 Å². The van der Waals surface area contributed by atoms with Gasteiger partial charge in [0.1, 0.15) is 5.75 Å². The summed E-state index contributed by atoms with van der Waals surface area (Å²) in [6, 6.07) is 6.29. The number of piperazine rings is 1. The Morgan fingerprint density at radius 1 is 1.27 bits per heavy atom. The van der Waals surface area contributed by atoms with Gasteiger partial charge in [0.25, 0.3) is 0 Å². The first-order valence-corrected chi connectivity index (χ1v) is 7.30. The SMILES string of the molecule is C=C(C)C[C@H](c1ccc(OC(F)(F)F)cc1)N1CCNCC1. The van der Waals surface area contributed by atoms with Gasteiger partial charge in [-0.15, -0.1) is 19.8 Å². The largest absolute Gasteiger partial charge is 0.573 e. The molecule has 6 heteroatoms. The third-order valence-corrected chi connectivity index (χ3v) is 3.63. The Labute approximate surface area is 128 Å². The Morgan fingerprint density at radius 3 is 2.36 bits per heavy atom. The third kappa shape index (κ3) is 5.03. The predicted octanol–water partition coefficient (Wildman–Crippen LogP) is 3.50. The van der Waals surface area contributed by atoms with Crippen LogP contribution in [0.5, 0.6) is 5.75 Å². The number of alkyl halides is 3. The quantitative estimate of drug-likeness (QED) is 0.842. The normalized spacial score (nSPS) is 18.0. The number of rotatable bonds is 5. The molecule has 1 atom stereocenters. The molecule has 3 nitrogen and oxygen atoms in total. The molecule has 0 aliphatic carbocycles. The average molecular weight is 314 g/mol. The lowest BCUT2D eigenvalue weighted by Crippen LogP contribution is -2.45. The molecule has 0 amide bonds. The highest BCUT2D eigenvalue weighted by Gasteiger charge is 2.31. The van der Waals surface area contributed by atoms with Crippen molar-refractivity contribution in [3.8, 4) is 5.75 Å². The van der Waals surface area contributed by atoms with E-state index in [1.54, 1.807) is 12.1 Å². The van der Waals surface area contributed by atoms with Crippen LogP contribution in [0.4, 0.5) is 13.2 Å². The fourth-order valence-corrected chi connectivity index (χ4v) is 2.67. The van der Waals surface area contributed by atoms with Gasteiger partial charge >= 0.3 is 6.36 Å². The van der Waals surface area contributed by atoms with Crippen molar-refractivity contribution < 1.29 is 17.9 Å². The zero-order chi connectivity index (χ0) is 16.2. The van der Waals surface area contributed by atoms with Crippen molar-refractivity contribution in [1.29, 1.82) is 0 Å². The summed E-state index contributed by atoms with van der Waals surface area (Å²) < 4.78 is 40.6. The summed E-state index contributed by atoms with van der Waals surface area (Å²) in [6.45, 7) is 9.60. The van der Waals surface area contributed by atoms with Crippen molar-refractivity contribution in [3.63, 3.8) is 0 Å². The van der Waals surface area contributed by atoms with Gasteiger partial charge in [0.05, 0.1) is 0 Å². The topological polar surface area (TPSA) is 24.5 Å². The average Bonchev–Trinajstić information content (AvgIpc) is 2.45. The monoisotopic (exact) mass is 314 g/mol. The van der Waals surface area contributed by atoms with Gasteiger partial charge in [0.2, 0.25) is 0 Å². The van der Waals surface area contributed by atoms with E-state index in [0.29, 0.717) is 0 Å². The molecule has 1 aromatic carbocycles. The summed E-state index contributed by atoms with van der Waals surface area (Å²) in [6.07, 6.45) is -3.86. The number of nitrogens with one attached hydrogen (secondary N) is 1. The van der Waals surface area contributed by atoms with Crippen molar-refractivity contribution in [2.24, 2.45) is 0 Å². The van der Waals surface area contributed by atoms with Gasteiger partial charge in [0, 0.05) is 32.2 Å². The summed E-state index contributed by atoms with van der Waals surface area (Å²) in [5.74, 6) is -0.189. The lowest BCUT2D eigenvalue weighted by Gasteiger charge is -2.35. The number of nitrogens with zero attached hydrogens (tertiary/aromatic N) is 1. The van der Waals surface area contributed by atoms with Crippen LogP contribution in [0.1, 0.15) is 24.9 Å². The highest BCUT2D eigenvalue weighted by molar-refractivity contribution is 5.30. The van der Waals surface area contributed by atoms with Crippen molar-refractivity contribution >= 4 is 0 Å². The first kappa shape index (κ1) is 16.8. The Bertz CT molecular complexity index is 493. The van der Waals surface area contributed by atoms with Crippen LogP contribution in [0.3, 0.4) is 0 Å². The zero-order valence-electron chi connectivity index (χ0n) is 12.6. The summed E-state index contributed by atoms with van der Waals surface area (Å²) in [5, 5.41) is 3.30. The third-order valence-electron chi connectivity index (χ3n) is 3.63. The van der Waals surface area contributed by atoms with Crippen LogP contribution in [0.15, 0.2) is 36.4 Å². The fraction of sp³-hybridized carbons (Fsp3) is 0.500. The van der Waals surface area contributed by atoms with Gasteiger partial charge in [-0.3, -0.25) is 4.90 Å². The van der Waals surface area contributed by atoms with Gasteiger partial charge in [-0.2, -0.15) is 0 Å². The molecule has 0 saturated carbocycles. The maximum absolute atomic E-state index is 12.2. The lowest BCUT2D eigenvalue weighted by atomic mass is 9.98. The maximum atomic E-state index is 12.2. The summed E-state index contributed by atoms with van der Waals surface area (Å²) in [4.78, 5) is 2.34. The van der Waals surface area contributed by atoms with Crippen molar-refractivity contribution in [3.05, 3.63) is 42.0 Å². The number of benzene rings is 1. The van der Waals surface area contributed by atoms with Crippen LogP contribution in [-0.2, 0) is 0 Å². The molecule has 1 saturated heterocycles. The molecule has 0 radical (unpaired) electrons. The molecule has 122 valence electrons. The minimum atomic E-state index is -4.66. The molecular weight excluding hydrogens is 293 g/mol. The molecule has 1 aromatic rings. The van der Waals surface area contributed by atoms with E-state index in [9.17, 15) is 13.2 Å². The van der Waals surface area contributed by atoms with Crippen LogP contribution in [0, 0.1) is 0 Å². The first-order valence-electron chi connectivity index (χ1n) is 7.30. The first-order chi connectivity index (χ1) is 10.3. The van der Waals surface area contributed by atoms with Crippen LogP contribution < -0.4 is 10.1 Å². The predicted molar refractivity (Wildman–Crippen MR) is 79.7 cm³/mol. The highest BCUT2D eigenvalue weighted by Crippen LogP contribution is 2.30. The van der Waals surface area contributed by atoms with Crippen LogP contribution in [0.25, 0.3) is 0 Å². The van der Waals surface area contributed by atoms with E-state index in [-0.39, 0.29) is 11.8 Å². The maximum Gasteiger partial charge on any atom is 0.573 e. The van der Waals surface area contributed by atoms with Gasteiger partial charge in [0.15, 0.2) is 0 Å². The minimum absolute atomic E-state index is 0.138. The summed E-state index contributed by atoms with van der Waals surface area (Å²) in [5.41, 5.74) is 2.04. The van der Waals surface area contributed by atoms with Gasteiger partial charge in [-0.05, 0) is 31.0 Å². The van der Waals surface area contributed by atoms with Crippen LogP contribution in [-0.4, -0.2) is 37.4 Å². The van der Waals surface area contributed by atoms with Gasteiger partial charge in [-0.1, -0.05) is 17.7 Å². The number of hydrogen-bond donors (Lipinski definition) is 1. The van der Waals surface area contributed by atoms with Crippen molar-refractivity contribution in [2.45, 2.75) is 25.7 Å². The number of ether oxygens (including phenoxy) is 1. The number of hydrogen-bond acceptors (Lipinski definition) is 3. The Hall–Kier alpha value is -1.53. The number of halogens is 3. The smallest absolute Gasteiger partial charge is 0.406 e. The fourth-order valence-electron chi connectivity index (χ4n) is 2.67. The molecule has 22 heavy (non-hydrogen) atoms. The molecule has 0 unspecified atom stereocenters. The minimum Gasteiger partial charge on any atom is -0.406 e. The molecular formula is C16H21F3N2O. The molecule has 0 bridgehead atoms. The summed E-state index contributed by atoms with van der Waals surface area (Å²) >= 11 is 0. The van der Waals surface area contributed by atoms with Gasteiger partial charge in [-0.25, -0.2) is 0 Å². The van der Waals surface area contributed by atoms with E-state index in [2.05, 4.69) is 21.5 Å². The molecule has 1 heterocycles. The molecule has 1 aliphatic rings. The second kappa shape index (κ2) is 7.15. The Morgan fingerprint density at radius 2 is 1.86 bits per heavy atom. The standard InChI is InChI=1S/C16H21F3N2O/c1-12(2)11-15(21-9-7-20-8-10-21)13-3-5-14(6-4-13)22-16(17,18)19/h3-6,15,20H,1,7-11H2,2H3/t15-/m1/s1.